The van der Waals surface area contributed by atoms with Gasteiger partial charge in [0.2, 0.25) is 0 Å². The summed E-state index contributed by atoms with van der Waals surface area (Å²) in [5.74, 6) is 0. The van der Waals surface area contributed by atoms with Crippen LogP contribution >= 0.6 is 0 Å². The lowest BCUT2D eigenvalue weighted by Gasteiger charge is -2.31. The van der Waals surface area contributed by atoms with Crippen LogP contribution in [0.1, 0.15) is 40.4 Å². The molecule has 0 spiro atoms. The van der Waals surface area contributed by atoms with E-state index >= 15 is 0 Å². The molecule has 0 amide bonds. The number of aromatic nitrogens is 1. The lowest BCUT2D eigenvalue weighted by molar-refractivity contribution is 0.220. The molecule has 0 saturated carbocycles. The number of rotatable bonds is 3. The topological polar surface area (TPSA) is 8.17 Å². The maximum Gasteiger partial charge on any atom is 0.0759 e. The summed E-state index contributed by atoms with van der Waals surface area (Å²) < 4.78 is 2.43. The van der Waals surface area contributed by atoms with Crippen LogP contribution in [0.4, 0.5) is 0 Å². The quantitative estimate of drug-likeness (QED) is 0.648. The molecule has 2 aromatic carbocycles. The molecule has 1 aliphatic rings. The van der Waals surface area contributed by atoms with Gasteiger partial charge in [-0.15, -0.1) is 0 Å². The van der Waals surface area contributed by atoms with Crippen LogP contribution in [0.15, 0.2) is 66.9 Å². The molecule has 25 heavy (non-hydrogen) atoms. The smallest absolute Gasteiger partial charge is 0.0759 e. The molecule has 1 aromatic heterocycles. The first-order valence-corrected chi connectivity index (χ1v) is 9.22. The molecule has 0 aliphatic carbocycles. The molecule has 128 valence electrons. The minimum Gasteiger partial charge on any atom is -0.350 e. The summed E-state index contributed by atoms with van der Waals surface area (Å²) in [7, 11) is 0. The molecule has 0 radical (unpaired) electrons. The van der Waals surface area contributed by atoms with Gasteiger partial charge in [-0.1, -0.05) is 59.7 Å². The van der Waals surface area contributed by atoms with Crippen molar-refractivity contribution in [2.75, 3.05) is 6.54 Å². The molecule has 0 bridgehead atoms. The summed E-state index contributed by atoms with van der Waals surface area (Å²) >= 11 is 0. The van der Waals surface area contributed by atoms with Crippen molar-refractivity contribution in [2.45, 2.75) is 39.4 Å². The summed E-state index contributed by atoms with van der Waals surface area (Å²) in [4.78, 5) is 2.64. The van der Waals surface area contributed by atoms with Crippen LogP contribution in [0.2, 0.25) is 0 Å². The predicted molar refractivity (Wildman–Crippen MR) is 104 cm³/mol. The molecule has 0 fully saturated rings. The predicted octanol–water partition coefficient (Wildman–Crippen LogP) is 5.10. The molecule has 0 unspecified atom stereocenters. The lowest BCUT2D eigenvalue weighted by atomic mass is 9.99. The number of aryl methyl sites for hydroxylation is 3. The van der Waals surface area contributed by atoms with Gasteiger partial charge in [-0.2, -0.15) is 0 Å². The Morgan fingerprint density at radius 1 is 0.880 bits per heavy atom. The van der Waals surface area contributed by atoms with Gasteiger partial charge >= 0.3 is 0 Å². The molecular weight excluding hydrogens is 304 g/mol. The van der Waals surface area contributed by atoms with Crippen molar-refractivity contribution >= 4 is 0 Å². The van der Waals surface area contributed by atoms with Gasteiger partial charge in [-0.05, 0) is 43.5 Å². The highest BCUT2D eigenvalue weighted by Gasteiger charge is 2.27. The van der Waals surface area contributed by atoms with E-state index in [1.165, 1.54) is 34.4 Å². The average molecular weight is 330 g/mol. The zero-order chi connectivity index (χ0) is 17.2. The normalized spacial score (nSPS) is 17.9. The Balaban J connectivity index is 1.75. The summed E-state index contributed by atoms with van der Waals surface area (Å²) in [6, 6.07) is 22.7. The second-order valence-corrected chi connectivity index (χ2v) is 7.26. The van der Waals surface area contributed by atoms with E-state index in [-0.39, 0.29) is 0 Å². The molecule has 4 rings (SSSR count). The highest BCUT2D eigenvalue weighted by atomic mass is 15.2. The van der Waals surface area contributed by atoms with Crippen LogP contribution in [-0.4, -0.2) is 16.0 Å². The van der Waals surface area contributed by atoms with Gasteiger partial charge in [-0.3, -0.25) is 4.90 Å². The summed E-state index contributed by atoms with van der Waals surface area (Å²) in [6.07, 6.45) is 3.42. The number of nitrogens with zero attached hydrogens (tertiary/aromatic N) is 2. The largest absolute Gasteiger partial charge is 0.350 e. The molecule has 2 heterocycles. The van der Waals surface area contributed by atoms with E-state index in [1.54, 1.807) is 0 Å². The Morgan fingerprint density at radius 2 is 1.68 bits per heavy atom. The molecule has 1 atom stereocenters. The third-order valence-electron chi connectivity index (χ3n) is 5.18. The first kappa shape index (κ1) is 16.2. The van der Waals surface area contributed by atoms with Gasteiger partial charge in [0.15, 0.2) is 0 Å². The standard InChI is InChI=1S/C23H26N2/c1-18-7-3-9-20(15-18)17-25-14-6-13-24-12-5-11-22(24)23(25)21-10-4-8-19(2)16-21/h3-5,7-12,15-16,23H,6,13-14,17H2,1-2H3/t23-/m1/s1. The van der Waals surface area contributed by atoms with Crippen LogP contribution in [0.5, 0.6) is 0 Å². The number of fused-ring (bicyclic) bond motifs is 1. The van der Waals surface area contributed by atoms with E-state index < -0.39 is 0 Å². The van der Waals surface area contributed by atoms with E-state index in [2.05, 4.69) is 90.2 Å². The molecule has 2 nitrogen and oxygen atoms in total. The van der Waals surface area contributed by atoms with Crippen LogP contribution in [0.3, 0.4) is 0 Å². The Morgan fingerprint density at radius 3 is 2.48 bits per heavy atom. The van der Waals surface area contributed by atoms with Crippen molar-refractivity contribution in [1.82, 2.24) is 9.47 Å². The van der Waals surface area contributed by atoms with E-state index in [0.29, 0.717) is 6.04 Å². The van der Waals surface area contributed by atoms with E-state index in [0.717, 1.165) is 19.6 Å². The third-order valence-corrected chi connectivity index (χ3v) is 5.18. The Hall–Kier alpha value is -2.32. The van der Waals surface area contributed by atoms with Gasteiger partial charge in [0.25, 0.3) is 0 Å². The van der Waals surface area contributed by atoms with Gasteiger partial charge < -0.3 is 4.57 Å². The highest BCUT2D eigenvalue weighted by Crippen LogP contribution is 2.33. The maximum absolute atomic E-state index is 2.64. The first-order chi connectivity index (χ1) is 12.2. The third kappa shape index (κ3) is 3.40. The molecule has 1 aliphatic heterocycles. The number of hydrogen-bond donors (Lipinski definition) is 0. The fourth-order valence-electron chi connectivity index (χ4n) is 4.08. The molecular formula is C23H26N2. The monoisotopic (exact) mass is 330 g/mol. The first-order valence-electron chi connectivity index (χ1n) is 9.22. The van der Waals surface area contributed by atoms with E-state index in [4.69, 9.17) is 0 Å². The van der Waals surface area contributed by atoms with Crippen LogP contribution < -0.4 is 0 Å². The minimum atomic E-state index is 0.318. The average Bonchev–Trinajstić information content (AvgIpc) is 2.96. The van der Waals surface area contributed by atoms with Crippen LogP contribution in [-0.2, 0) is 13.1 Å². The molecule has 3 aromatic rings. The van der Waals surface area contributed by atoms with Crippen molar-refractivity contribution in [3.05, 3.63) is 94.8 Å². The molecule has 2 heteroatoms. The Bertz CT molecular complexity index is 862. The van der Waals surface area contributed by atoms with Crippen molar-refractivity contribution < 1.29 is 0 Å². The lowest BCUT2D eigenvalue weighted by Crippen LogP contribution is -2.29. The molecule has 0 saturated heterocycles. The SMILES string of the molecule is Cc1cccc(CN2CCCn3cccc3[C@H]2c2cccc(C)c2)c1. The van der Waals surface area contributed by atoms with Gasteiger partial charge in [-0.25, -0.2) is 0 Å². The fourth-order valence-corrected chi connectivity index (χ4v) is 4.08. The second kappa shape index (κ2) is 6.89. The Labute approximate surface area is 150 Å². The van der Waals surface area contributed by atoms with Crippen molar-refractivity contribution in [3.8, 4) is 0 Å². The number of benzene rings is 2. The Kier molecular flexibility index (Phi) is 4.46. The van der Waals surface area contributed by atoms with Crippen molar-refractivity contribution in [1.29, 1.82) is 0 Å². The maximum atomic E-state index is 2.64. The van der Waals surface area contributed by atoms with Gasteiger partial charge in [0.05, 0.1) is 6.04 Å². The van der Waals surface area contributed by atoms with Gasteiger partial charge in [0, 0.05) is 31.5 Å². The fraction of sp³-hybridized carbons (Fsp3) is 0.304. The van der Waals surface area contributed by atoms with E-state index in [1.807, 2.05) is 0 Å². The minimum absolute atomic E-state index is 0.318. The van der Waals surface area contributed by atoms with E-state index in [9.17, 15) is 0 Å². The zero-order valence-electron chi connectivity index (χ0n) is 15.2. The van der Waals surface area contributed by atoms with Crippen LogP contribution in [0.25, 0.3) is 0 Å². The molecule has 0 N–H and O–H groups in total. The van der Waals surface area contributed by atoms with Crippen molar-refractivity contribution in [3.63, 3.8) is 0 Å². The number of hydrogen-bond acceptors (Lipinski definition) is 1. The summed E-state index contributed by atoms with van der Waals surface area (Å²) in [6.45, 7) is 7.58. The summed E-state index contributed by atoms with van der Waals surface area (Å²) in [5.41, 5.74) is 6.88. The van der Waals surface area contributed by atoms with Crippen LogP contribution in [0, 0.1) is 13.8 Å². The highest BCUT2D eigenvalue weighted by molar-refractivity contribution is 5.33. The van der Waals surface area contributed by atoms with Crippen molar-refractivity contribution in [2.24, 2.45) is 0 Å². The summed E-state index contributed by atoms with van der Waals surface area (Å²) in [5, 5.41) is 0. The van der Waals surface area contributed by atoms with Gasteiger partial charge in [0.1, 0.15) is 0 Å². The zero-order valence-corrected chi connectivity index (χ0v) is 15.2. The second-order valence-electron chi connectivity index (χ2n) is 7.26.